The Hall–Kier alpha value is -2.16. The molecule has 0 fully saturated rings. The molecule has 20 heavy (non-hydrogen) atoms. The normalized spacial score (nSPS) is 12.1. The van der Waals surface area contributed by atoms with Crippen LogP contribution in [-0.2, 0) is 20.7 Å². The summed E-state index contributed by atoms with van der Waals surface area (Å²) in [7, 11) is 0. The van der Waals surface area contributed by atoms with E-state index in [1.807, 2.05) is 42.5 Å². The van der Waals surface area contributed by atoms with Gasteiger partial charge in [0.05, 0.1) is 6.61 Å². The average Bonchev–Trinajstić information content (AvgIpc) is 2.44. The van der Waals surface area contributed by atoms with Crippen LogP contribution in [0.5, 0.6) is 0 Å². The number of hydrogen-bond acceptors (Lipinski definition) is 3. The van der Waals surface area contributed by atoms with Crippen LogP contribution in [0, 0.1) is 5.92 Å². The fourth-order valence-electron chi connectivity index (χ4n) is 2.24. The summed E-state index contributed by atoms with van der Waals surface area (Å²) in [6.45, 7) is 3.47. The van der Waals surface area contributed by atoms with Crippen LogP contribution in [0.2, 0.25) is 0 Å². The number of Topliss-reactive ketones (excluding diaryl/α,β-unsaturated/α-hetero) is 1. The molecule has 0 spiro atoms. The number of carbonyl (C=O) groups is 2. The lowest BCUT2D eigenvalue weighted by molar-refractivity contribution is -0.151. The maximum absolute atomic E-state index is 11.8. The molecule has 0 bridgehead atoms. The molecule has 0 saturated heterocycles. The molecule has 2 aromatic rings. The van der Waals surface area contributed by atoms with Crippen molar-refractivity contribution in [2.45, 2.75) is 20.3 Å². The topological polar surface area (TPSA) is 43.4 Å². The minimum absolute atomic E-state index is 0.156. The van der Waals surface area contributed by atoms with Crippen molar-refractivity contribution >= 4 is 22.5 Å². The van der Waals surface area contributed by atoms with E-state index < -0.39 is 11.9 Å². The Labute approximate surface area is 118 Å². The SMILES string of the molecule is CCOC(=O)[C@@H](Cc1ccc2ccccc2c1)C(C)=O. The maximum Gasteiger partial charge on any atom is 0.316 e. The van der Waals surface area contributed by atoms with E-state index in [1.165, 1.54) is 6.92 Å². The highest BCUT2D eigenvalue weighted by Gasteiger charge is 2.24. The van der Waals surface area contributed by atoms with E-state index in [0.717, 1.165) is 16.3 Å². The van der Waals surface area contributed by atoms with Gasteiger partial charge in [0.1, 0.15) is 11.7 Å². The zero-order valence-corrected chi connectivity index (χ0v) is 11.8. The van der Waals surface area contributed by atoms with Gasteiger partial charge in [-0.25, -0.2) is 0 Å². The molecule has 0 aliphatic heterocycles. The standard InChI is InChI=1S/C17H18O3/c1-3-20-17(19)16(12(2)18)11-13-8-9-14-6-4-5-7-15(14)10-13/h4-10,16H,3,11H2,1-2H3/t16-/m0/s1. The first kappa shape index (κ1) is 14.3. The van der Waals surface area contributed by atoms with E-state index in [2.05, 4.69) is 0 Å². The fraction of sp³-hybridized carbons (Fsp3) is 0.294. The quantitative estimate of drug-likeness (QED) is 0.619. The van der Waals surface area contributed by atoms with Crippen molar-refractivity contribution < 1.29 is 14.3 Å². The molecule has 0 aromatic heterocycles. The van der Waals surface area contributed by atoms with Gasteiger partial charge in [0.15, 0.2) is 0 Å². The first-order valence-electron chi connectivity index (χ1n) is 6.76. The molecular weight excluding hydrogens is 252 g/mol. The lowest BCUT2D eigenvalue weighted by Crippen LogP contribution is -2.26. The summed E-state index contributed by atoms with van der Waals surface area (Å²) in [5.74, 6) is -1.30. The smallest absolute Gasteiger partial charge is 0.316 e. The molecule has 104 valence electrons. The Bertz CT molecular complexity index is 631. The molecule has 0 heterocycles. The highest BCUT2D eigenvalue weighted by atomic mass is 16.5. The molecule has 0 amide bonds. The van der Waals surface area contributed by atoms with Crippen LogP contribution in [0.25, 0.3) is 10.8 Å². The highest BCUT2D eigenvalue weighted by Crippen LogP contribution is 2.19. The van der Waals surface area contributed by atoms with Crippen molar-refractivity contribution in [2.75, 3.05) is 6.61 Å². The minimum Gasteiger partial charge on any atom is -0.465 e. The largest absolute Gasteiger partial charge is 0.465 e. The van der Waals surface area contributed by atoms with Gasteiger partial charge >= 0.3 is 5.97 Å². The number of ketones is 1. The Morgan fingerprint density at radius 2 is 1.80 bits per heavy atom. The predicted octanol–water partition coefficient (Wildman–Crippen LogP) is 3.15. The monoisotopic (exact) mass is 270 g/mol. The van der Waals surface area contributed by atoms with Crippen molar-refractivity contribution in [2.24, 2.45) is 5.92 Å². The molecule has 3 nitrogen and oxygen atoms in total. The lowest BCUT2D eigenvalue weighted by Gasteiger charge is -2.13. The van der Waals surface area contributed by atoms with Crippen molar-refractivity contribution in [3.8, 4) is 0 Å². The van der Waals surface area contributed by atoms with E-state index >= 15 is 0 Å². The van der Waals surface area contributed by atoms with E-state index in [0.29, 0.717) is 13.0 Å². The molecule has 0 N–H and O–H groups in total. The van der Waals surface area contributed by atoms with Crippen LogP contribution in [0.15, 0.2) is 42.5 Å². The van der Waals surface area contributed by atoms with Gasteiger partial charge in [-0.3, -0.25) is 9.59 Å². The van der Waals surface area contributed by atoms with E-state index in [1.54, 1.807) is 6.92 Å². The van der Waals surface area contributed by atoms with Gasteiger partial charge in [0.25, 0.3) is 0 Å². The third kappa shape index (κ3) is 3.23. The molecule has 0 saturated carbocycles. The Morgan fingerprint density at radius 1 is 1.10 bits per heavy atom. The Morgan fingerprint density at radius 3 is 2.45 bits per heavy atom. The number of esters is 1. The second kappa shape index (κ2) is 6.33. The molecule has 1 atom stereocenters. The Kier molecular flexibility index (Phi) is 4.51. The number of fused-ring (bicyclic) bond motifs is 1. The highest BCUT2D eigenvalue weighted by molar-refractivity contribution is 5.98. The predicted molar refractivity (Wildman–Crippen MR) is 78.5 cm³/mol. The van der Waals surface area contributed by atoms with E-state index in [-0.39, 0.29) is 5.78 Å². The van der Waals surface area contributed by atoms with Gasteiger partial charge in [-0.2, -0.15) is 0 Å². The zero-order valence-electron chi connectivity index (χ0n) is 11.8. The van der Waals surface area contributed by atoms with Gasteiger partial charge in [0, 0.05) is 0 Å². The first-order chi connectivity index (χ1) is 9.61. The molecule has 0 radical (unpaired) electrons. The number of ether oxygens (including phenoxy) is 1. The first-order valence-corrected chi connectivity index (χ1v) is 6.76. The van der Waals surface area contributed by atoms with Crippen LogP contribution >= 0.6 is 0 Å². The summed E-state index contributed by atoms with van der Waals surface area (Å²) < 4.78 is 4.97. The van der Waals surface area contributed by atoms with Crippen LogP contribution in [0.3, 0.4) is 0 Å². The lowest BCUT2D eigenvalue weighted by atomic mass is 9.94. The van der Waals surface area contributed by atoms with Crippen molar-refractivity contribution in [1.29, 1.82) is 0 Å². The van der Waals surface area contributed by atoms with E-state index in [4.69, 9.17) is 4.74 Å². The van der Waals surface area contributed by atoms with Gasteiger partial charge in [-0.05, 0) is 36.6 Å². The average molecular weight is 270 g/mol. The second-order valence-electron chi connectivity index (χ2n) is 4.80. The summed E-state index contributed by atoms with van der Waals surface area (Å²) >= 11 is 0. The molecule has 0 aliphatic rings. The summed E-state index contributed by atoms with van der Waals surface area (Å²) in [5, 5.41) is 2.25. The second-order valence-corrected chi connectivity index (χ2v) is 4.80. The van der Waals surface area contributed by atoms with Crippen molar-refractivity contribution in [1.82, 2.24) is 0 Å². The van der Waals surface area contributed by atoms with Crippen LogP contribution in [-0.4, -0.2) is 18.4 Å². The minimum atomic E-state index is -0.712. The van der Waals surface area contributed by atoms with Crippen molar-refractivity contribution in [3.63, 3.8) is 0 Å². The molecular formula is C17H18O3. The van der Waals surface area contributed by atoms with Gasteiger partial charge in [-0.1, -0.05) is 42.5 Å². The molecule has 3 heteroatoms. The molecule has 2 rings (SSSR count). The van der Waals surface area contributed by atoms with Gasteiger partial charge in [-0.15, -0.1) is 0 Å². The third-order valence-corrected chi connectivity index (χ3v) is 3.32. The summed E-state index contributed by atoms with van der Waals surface area (Å²) in [4.78, 5) is 23.4. The number of benzene rings is 2. The Balaban J connectivity index is 2.24. The molecule has 0 unspecified atom stereocenters. The number of rotatable bonds is 5. The zero-order chi connectivity index (χ0) is 14.5. The van der Waals surface area contributed by atoms with Crippen LogP contribution < -0.4 is 0 Å². The van der Waals surface area contributed by atoms with Gasteiger partial charge in [0.2, 0.25) is 0 Å². The third-order valence-electron chi connectivity index (χ3n) is 3.32. The summed E-state index contributed by atoms with van der Waals surface area (Å²) in [5.41, 5.74) is 0.969. The summed E-state index contributed by atoms with van der Waals surface area (Å²) in [6.07, 6.45) is 0.388. The number of carbonyl (C=O) groups excluding carboxylic acids is 2. The van der Waals surface area contributed by atoms with E-state index in [9.17, 15) is 9.59 Å². The fourth-order valence-corrected chi connectivity index (χ4v) is 2.24. The molecule has 2 aromatic carbocycles. The molecule has 0 aliphatic carbocycles. The maximum atomic E-state index is 11.8. The summed E-state index contributed by atoms with van der Waals surface area (Å²) in [6, 6.07) is 14.0. The van der Waals surface area contributed by atoms with Crippen molar-refractivity contribution in [3.05, 3.63) is 48.0 Å². The number of hydrogen-bond donors (Lipinski definition) is 0. The van der Waals surface area contributed by atoms with Crippen LogP contribution in [0.4, 0.5) is 0 Å². The van der Waals surface area contributed by atoms with Gasteiger partial charge < -0.3 is 4.74 Å². The van der Waals surface area contributed by atoms with Crippen LogP contribution in [0.1, 0.15) is 19.4 Å².